The predicted molar refractivity (Wildman–Crippen MR) is 78.0 cm³/mol. The second-order valence-corrected chi connectivity index (χ2v) is 4.42. The van der Waals surface area contributed by atoms with Gasteiger partial charge in [0.05, 0.1) is 19.9 Å². The first-order valence-corrected chi connectivity index (χ1v) is 6.71. The average molecular weight is 275 g/mol. The topological polar surface area (TPSA) is 48.3 Å². The minimum atomic E-state index is 0.708. The number of para-hydroxylation sites is 1. The summed E-state index contributed by atoms with van der Waals surface area (Å²) < 4.78 is 12.6. The maximum Gasteiger partial charge on any atom is 0.165 e. The van der Waals surface area contributed by atoms with Crippen molar-refractivity contribution in [1.29, 1.82) is 0 Å². The smallest absolute Gasteiger partial charge is 0.165 e. The Balaban J connectivity index is 1.97. The zero-order chi connectivity index (χ0) is 14.4. The third-order valence-electron chi connectivity index (χ3n) is 3.13. The Morgan fingerprint density at radius 3 is 2.65 bits per heavy atom. The summed E-state index contributed by atoms with van der Waals surface area (Å²) in [5.41, 5.74) is 2.11. The Morgan fingerprint density at radius 1 is 1.15 bits per heavy atom. The number of hydrogen-bond donors (Lipinski definition) is 1. The molecule has 1 aromatic heterocycles. The van der Waals surface area contributed by atoms with Crippen LogP contribution in [0.4, 0.5) is 0 Å². The molecule has 2 rings (SSSR count). The molecule has 0 unspecified atom stereocenters. The van der Waals surface area contributed by atoms with E-state index in [1.165, 1.54) is 0 Å². The molecule has 2 aromatic rings. The van der Waals surface area contributed by atoms with Crippen LogP contribution in [0.2, 0.25) is 0 Å². The third-order valence-corrected chi connectivity index (χ3v) is 3.13. The van der Waals surface area contributed by atoms with Gasteiger partial charge in [-0.05, 0) is 19.1 Å². The van der Waals surface area contributed by atoms with Crippen LogP contribution in [-0.4, -0.2) is 24.0 Å². The maximum atomic E-state index is 5.41. The second-order valence-electron chi connectivity index (χ2n) is 4.42. The molecule has 1 aromatic carbocycles. The summed E-state index contributed by atoms with van der Waals surface area (Å²) in [4.78, 5) is 0. The highest BCUT2D eigenvalue weighted by Crippen LogP contribution is 2.30. The van der Waals surface area contributed by atoms with Gasteiger partial charge in [0.1, 0.15) is 0 Å². The minimum absolute atomic E-state index is 0.708. The van der Waals surface area contributed by atoms with Crippen molar-refractivity contribution in [2.24, 2.45) is 0 Å². The molecular weight excluding hydrogens is 254 g/mol. The Hall–Kier alpha value is -2.01. The normalized spacial score (nSPS) is 10.6. The molecule has 0 fully saturated rings. The molecule has 20 heavy (non-hydrogen) atoms. The standard InChI is InChI=1S/C15H21N3O2/c1-4-18-9-8-13(17-18)11-16-10-12-6-5-7-14(19-2)15(12)20-3/h5-9,16H,4,10-11H2,1-3H3. The van der Waals surface area contributed by atoms with Crippen molar-refractivity contribution in [3.8, 4) is 11.5 Å². The van der Waals surface area contributed by atoms with Crippen molar-refractivity contribution in [2.45, 2.75) is 26.6 Å². The van der Waals surface area contributed by atoms with Gasteiger partial charge >= 0.3 is 0 Å². The van der Waals surface area contributed by atoms with Crippen LogP contribution in [0.25, 0.3) is 0 Å². The molecule has 1 heterocycles. The van der Waals surface area contributed by atoms with Crippen molar-refractivity contribution in [3.63, 3.8) is 0 Å². The van der Waals surface area contributed by atoms with Gasteiger partial charge in [-0.1, -0.05) is 12.1 Å². The first-order valence-electron chi connectivity index (χ1n) is 6.71. The summed E-state index contributed by atoms with van der Waals surface area (Å²) in [7, 11) is 3.30. The number of benzene rings is 1. The molecule has 5 nitrogen and oxygen atoms in total. The van der Waals surface area contributed by atoms with Crippen LogP contribution in [0.3, 0.4) is 0 Å². The van der Waals surface area contributed by atoms with Gasteiger partial charge in [0, 0.05) is 31.4 Å². The summed E-state index contributed by atoms with van der Waals surface area (Å²) >= 11 is 0. The third kappa shape index (κ3) is 3.30. The second kappa shape index (κ2) is 6.96. The Bertz CT molecular complexity index is 552. The minimum Gasteiger partial charge on any atom is -0.493 e. The molecule has 108 valence electrons. The predicted octanol–water partition coefficient (Wildman–Crippen LogP) is 2.21. The van der Waals surface area contributed by atoms with Crippen molar-refractivity contribution in [2.75, 3.05) is 14.2 Å². The van der Waals surface area contributed by atoms with Crippen LogP contribution in [0.1, 0.15) is 18.2 Å². The zero-order valence-electron chi connectivity index (χ0n) is 12.2. The van der Waals surface area contributed by atoms with E-state index in [0.717, 1.165) is 35.8 Å². The molecule has 0 atom stereocenters. The van der Waals surface area contributed by atoms with E-state index in [2.05, 4.69) is 17.3 Å². The molecule has 0 saturated heterocycles. The van der Waals surface area contributed by atoms with Gasteiger partial charge in [-0.3, -0.25) is 4.68 Å². The highest BCUT2D eigenvalue weighted by Gasteiger charge is 2.09. The quantitative estimate of drug-likeness (QED) is 0.841. The molecule has 0 saturated carbocycles. The fourth-order valence-electron chi connectivity index (χ4n) is 2.09. The van der Waals surface area contributed by atoms with Crippen LogP contribution >= 0.6 is 0 Å². The fourth-order valence-corrected chi connectivity index (χ4v) is 2.09. The van der Waals surface area contributed by atoms with Gasteiger partial charge < -0.3 is 14.8 Å². The SMILES string of the molecule is CCn1ccc(CNCc2cccc(OC)c2OC)n1. The molecule has 0 aliphatic carbocycles. The van der Waals surface area contributed by atoms with E-state index in [1.54, 1.807) is 14.2 Å². The first kappa shape index (κ1) is 14.4. The van der Waals surface area contributed by atoms with Gasteiger partial charge in [-0.2, -0.15) is 5.10 Å². The number of methoxy groups -OCH3 is 2. The summed E-state index contributed by atoms with van der Waals surface area (Å²) in [5, 5.41) is 7.80. The lowest BCUT2D eigenvalue weighted by atomic mass is 10.2. The first-order chi connectivity index (χ1) is 9.78. The number of ether oxygens (including phenoxy) is 2. The summed E-state index contributed by atoms with van der Waals surface area (Å²) in [6.07, 6.45) is 1.99. The van der Waals surface area contributed by atoms with Gasteiger partial charge in [-0.15, -0.1) is 0 Å². The lowest BCUT2D eigenvalue weighted by Crippen LogP contribution is -2.14. The molecule has 5 heteroatoms. The number of aryl methyl sites for hydroxylation is 1. The Kier molecular flexibility index (Phi) is 5.01. The molecule has 0 spiro atoms. The number of aromatic nitrogens is 2. The highest BCUT2D eigenvalue weighted by molar-refractivity contribution is 5.46. The van der Waals surface area contributed by atoms with Crippen molar-refractivity contribution in [1.82, 2.24) is 15.1 Å². The summed E-state index contributed by atoms with van der Waals surface area (Å²) in [5.74, 6) is 1.53. The number of nitrogens with one attached hydrogen (secondary N) is 1. The van der Waals surface area contributed by atoms with Crippen LogP contribution < -0.4 is 14.8 Å². The van der Waals surface area contributed by atoms with Gasteiger partial charge in [0.2, 0.25) is 0 Å². The van der Waals surface area contributed by atoms with Crippen LogP contribution in [-0.2, 0) is 19.6 Å². The van der Waals surface area contributed by atoms with Crippen molar-refractivity contribution >= 4 is 0 Å². The lowest BCUT2D eigenvalue weighted by molar-refractivity contribution is 0.350. The average Bonchev–Trinajstić information content (AvgIpc) is 2.94. The number of rotatable bonds is 7. The molecular formula is C15H21N3O2. The largest absolute Gasteiger partial charge is 0.493 e. The molecule has 0 aliphatic heterocycles. The van der Waals surface area contributed by atoms with E-state index in [9.17, 15) is 0 Å². The van der Waals surface area contributed by atoms with Crippen LogP contribution in [0, 0.1) is 0 Å². The van der Waals surface area contributed by atoms with E-state index in [1.807, 2.05) is 35.1 Å². The molecule has 0 aliphatic rings. The molecule has 1 N–H and O–H groups in total. The van der Waals surface area contributed by atoms with Crippen molar-refractivity contribution in [3.05, 3.63) is 41.7 Å². The van der Waals surface area contributed by atoms with E-state index in [-0.39, 0.29) is 0 Å². The fraction of sp³-hybridized carbons (Fsp3) is 0.400. The van der Waals surface area contributed by atoms with Crippen LogP contribution in [0.5, 0.6) is 11.5 Å². The zero-order valence-corrected chi connectivity index (χ0v) is 12.2. The van der Waals surface area contributed by atoms with Crippen molar-refractivity contribution < 1.29 is 9.47 Å². The Morgan fingerprint density at radius 2 is 2.00 bits per heavy atom. The van der Waals surface area contributed by atoms with Gasteiger partial charge in [-0.25, -0.2) is 0 Å². The van der Waals surface area contributed by atoms with Crippen LogP contribution in [0.15, 0.2) is 30.5 Å². The molecule has 0 radical (unpaired) electrons. The highest BCUT2D eigenvalue weighted by atomic mass is 16.5. The van der Waals surface area contributed by atoms with E-state index >= 15 is 0 Å². The maximum absolute atomic E-state index is 5.41. The summed E-state index contributed by atoms with van der Waals surface area (Å²) in [6, 6.07) is 7.91. The van der Waals surface area contributed by atoms with Gasteiger partial charge in [0.15, 0.2) is 11.5 Å². The van der Waals surface area contributed by atoms with E-state index in [0.29, 0.717) is 6.54 Å². The number of hydrogen-bond acceptors (Lipinski definition) is 4. The van der Waals surface area contributed by atoms with E-state index in [4.69, 9.17) is 9.47 Å². The monoisotopic (exact) mass is 275 g/mol. The molecule has 0 bridgehead atoms. The number of nitrogens with zero attached hydrogens (tertiary/aromatic N) is 2. The summed E-state index contributed by atoms with van der Waals surface area (Å²) in [6.45, 7) is 4.40. The molecule has 0 amide bonds. The van der Waals surface area contributed by atoms with Gasteiger partial charge in [0.25, 0.3) is 0 Å². The van der Waals surface area contributed by atoms with E-state index < -0.39 is 0 Å². The Labute approximate surface area is 119 Å². The lowest BCUT2D eigenvalue weighted by Gasteiger charge is -2.12.